The van der Waals surface area contributed by atoms with Crippen LogP contribution in [0.2, 0.25) is 5.02 Å². The molecule has 0 atom stereocenters. The fourth-order valence-electron chi connectivity index (χ4n) is 1.10. The first-order chi connectivity index (χ1) is 6.79. The van der Waals surface area contributed by atoms with Gasteiger partial charge in [-0.25, -0.2) is 0 Å². The van der Waals surface area contributed by atoms with Crippen molar-refractivity contribution in [2.45, 2.75) is 26.3 Å². The number of hydrogen-bond donors (Lipinski definition) is 2. The number of carbonyl (C=O) groups is 1. The van der Waals surface area contributed by atoms with Gasteiger partial charge in [-0.2, -0.15) is 0 Å². The van der Waals surface area contributed by atoms with E-state index in [1.165, 1.54) is 0 Å². The lowest BCUT2D eigenvalue weighted by atomic mass is 10.1. The van der Waals surface area contributed by atoms with Crippen LogP contribution in [0.25, 0.3) is 0 Å². The summed E-state index contributed by atoms with van der Waals surface area (Å²) in [4.78, 5) is 11.7. The fourth-order valence-corrected chi connectivity index (χ4v) is 1.22. The molecule has 0 bridgehead atoms. The molecule has 1 amide bonds. The van der Waals surface area contributed by atoms with Crippen LogP contribution < -0.4 is 11.1 Å². The molecule has 0 heterocycles. The van der Waals surface area contributed by atoms with Gasteiger partial charge in [0.25, 0.3) is 5.91 Å². The lowest BCUT2D eigenvalue weighted by Crippen LogP contribution is -2.40. The van der Waals surface area contributed by atoms with Crippen LogP contribution in [-0.2, 0) is 0 Å². The molecule has 0 aromatic heterocycles. The molecule has 82 valence electrons. The minimum atomic E-state index is -0.258. The average Bonchev–Trinajstić information content (AvgIpc) is 2.06. The second kappa shape index (κ2) is 4.11. The van der Waals surface area contributed by atoms with Gasteiger partial charge in [0.05, 0.1) is 10.7 Å². The van der Waals surface area contributed by atoms with E-state index in [-0.39, 0.29) is 11.4 Å². The molecule has 0 aliphatic heterocycles. The standard InChI is InChI=1S/C11H15ClN2O/c1-11(2,3)14-10(15)7-4-5-8(12)9(13)6-7/h4-6H,13H2,1-3H3,(H,14,15). The van der Waals surface area contributed by atoms with Crippen LogP contribution in [0, 0.1) is 0 Å². The smallest absolute Gasteiger partial charge is 0.251 e. The Labute approximate surface area is 94.6 Å². The van der Waals surface area contributed by atoms with E-state index in [1.54, 1.807) is 18.2 Å². The van der Waals surface area contributed by atoms with E-state index in [4.69, 9.17) is 17.3 Å². The Hall–Kier alpha value is -1.22. The lowest BCUT2D eigenvalue weighted by molar-refractivity contribution is 0.0919. The Bertz CT molecular complexity index is 383. The third kappa shape index (κ3) is 3.44. The van der Waals surface area contributed by atoms with Crippen molar-refractivity contribution in [2.75, 3.05) is 5.73 Å². The van der Waals surface area contributed by atoms with Gasteiger partial charge in [0, 0.05) is 11.1 Å². The topological polar surface area (TPSA) is 55.1 Å². The molecular formula is C11H15ClN2O. The molecule has 0 aliphatic carbocycles. The summed E-state index contributed by atoms with van der Waals surface area (Å²) in [5.74, 6) is -0.147. The molecule has 4 heteroatoms. The van der Waals surface area contributed by atoms with Crippen molar-refractivity contribution in [1.82, 2.24) is 5.32 Å². The average molecular weight is 227 g/mol. The van der Waals surface area contributed by atoms with Gasteiger partial charge in [-0.1, -0.05) is 11.6 Å². The second-order valence-corrected chi connectivity index (χ2v) is 4.85. The van der Waals surface area contributed by atoms with Gasteiger partial charge in [0.2, 0.25) is 0 Å². The van der Waals surface area contributed by atoms with Crippen LogP contribution in [0.5, 0.6) is 0 Å². The minimum Gasteiger partial charge on any atom is -0.398 e. The Morgan fingerprint density at radius 3 is 2.47 bits per heavy atom. The molecule has 0 fully saturated rings. The van der Waals surface area contributed by atoms with Gasteiger partial charge in [-0.3, -0.25) is 4.79 Å². The van der Waals surface area contributed by atoms with Crippen molar-refractivity contribution in [3.8, 4) is 0 Å². The van der Waals surface area contributed by atoms with E-state index in [0.29, 0.717) is 16.3 Å². The normalized spacial score (nSPS) is 11.2. The van der Waals surface area contributed by atoms with Gasteiger partial charge in [0.15, 0.2) is 0 Å². The molecular weight excluding hydrogens is 212 g/mol. The van der Waals surface area contributed by atoms with Crippen molar-refractivity contribution < 1.29 is 4.79 Å². The van der Waals surface area contributed by atoms with Crippen LogP contribution in [0.15, 0.2) is 18.2 Å². The number of rotatable bonds is 1. The van der Waals surface area contributed by atoms with E-state index >= 15 is 0 Å². The Balaban J connectivity index is 2.88. The van der Waals surface area contributed by atoms with E-state index in [2.05, 4.69) is 5.32 Å². The van der Waals surface area contributed by atoms with Crippen LogP contribution in [0.4, 0.5) is 5.69 Å². The zero-order chi connectivity index (χ0) is 11.6. The fraction of sp³-hybridized carbons (Fsp3) is 0.364. The first-order valence-corrected chi connectivity index (χ1v) is 5.05. The molecule has 1 aromatic carbocycles. The number of nitrogen functional groups attached to an aromatic ring is 1. The number of benzene rings is 1. The molecule has 3 nitrogen and oxygen atoms in total. The molecule has 0 saturated heterocycles. The number of anilines is 1. The largest absolute Gasteiger partial charge is 0.398 e. The number of halogens is 1. The van der Waals surface area contributed by atoms with Crippen molar-refractivity contribution in [2.24, 2.45) is 0 Å². The zero-order valence-corrected chi connectivity index (χ0v) is 9.85. The predicted octanol–water partition coefficient (Wildman–Crippen LogP) is 2.45. The summed E-state index contributed by atoms with van der Waals surface area (Å²) in [5, 5.41) is 3.30. The van der Waals surface area contributed by atoms with Crippen LogP contribution in [0.1, 0.15) is 31.1 Å². The third-order valence-electron chi connectivity index (χ3n) is 1.75. The van der Waals surface area contributed by atoms with Gasteiger partial charge in [-0.05, 0) is 39.0 Å². The first kappa shape index (κ1) is 11.9. The van der Waals surface area contributed by atoms with Crippen molar-refractivity contribution >= 4 is 23.2 Å². The van der Waals surface area contributed by atoms with Crippen molar-refractivity contribution in [3.05, 3.63) is 28.8 Å². The number of hydrogen-bond acceptors (Lipinski definition) is 2. The molecule has 0 aliphatic rings. The highest BCUT2D eigenvalue weighted by Crippen LogP contribution is 2.19. The summed E-state index contributed by atoms with van der Waals surface area (Å²) < 4.78 is 0. The van der Waals surface area contributed by atoms with Crippen molar-refractivity contribution in [1.29, 1.82) is 0 Å². The van der Waals surface area contributed by atoms with Crippen LogP contribution in [0.3, 0.4) is 0 Å². The van der Waals surface area contributed by atoms with Crippen LogP contribution >= 0.6 is 11.6 Å². The Kier molecular flexibility index (Phi) is 3.25. The maximum atomic E-state index is 11.7. The number of nitrogens with one attached hydrogen (secondary N) is 1. The monoisotopic (exact) mass is 226 g/mol. The molecule has 0 unspecified atom stereocenters. The van der Waals surface area contributed by atoms with E-state index in [9.17, 15) is 4.79 Å². The summed E-state index contributed by atoms with van der Waals surface area (Å²) in [6.07, 6.45) is 0. The first-order valence-electron chi connectivity index (χ1n) is 4.67. The third-order valence-corrected chi connectivity index (χ3v) is 2.09. The summed E-state index contributed by atoms with van der Waals surface area (Å²) >= 11 is 5.76. The SMILES string of the molecule is CC(C)(C)NC(=O)c1ccc(Cl)c(N)c1. The number of carbonyl (C=O) groups excluding carboxylic acids is 1. The van der Waals surface area contributed by atoms with Gasteiger partial charge in [-0.15, -0.1) is 0 Å². The quantitative estimate of drug-likeness (QED) is 0.723. The maximum Gasteiger partial charge on any atom is 0.251 e. The zero-order valence-electron chi connectivity index (χ0n) is 9.10. The molecule has 0 saturated carbocycles. The van der Waals surface area contributed by atoms with Gasteiger partial charge >= 0.3 is 0 Å². The van der Waals surface area contributed by atoms with E-state index in [0.717, 1.165) is 0 Å². The van der Waals surface area contributed by atoms with Gasteiger partial charge < -0.3 is 11.1 Å². The molecule has 3 N–H and O–H groups in total. The number of amides is 1. The minimum absolute atomic E-state index is 0.147. The highest BCUT2D eigenvalue weighted by Gasteiger charge is 2.15. The molecule has 0 spiro atoms. The summed E-state index contributed by atoms with van der Waals surface area (Å²) in [6, 6.07) is 4.84. The summed E-state index contributed by atoms with van der Waals surface area (Å²) in [7, 11) is 0. The van der Waals surface area contributed by atoms with Crippen LogP contribution in [-0.4, -0.2) is 11.4 Å². The lowest BCUT2D eigenvalue weighted by Gasteiger charge is -2.20. The van der Waals surface area contributed by atoms with Gasteiger partial charge in [0.1, 0.15) is 0 Å². The summed E-state index contributed by atoms with van der Waals surface area (Å²) in [6.45, 7) is 5.76. The molecule has 1 aromatic rings. The molecule has 15 heavy (non-hydrogen) atoms. The Morgan fingerprint density at radius 2 is 2.00 bits per heavy atom. The van der Waals surface area contributed by atoms with E-state index in [1.807, 2.05) is 20.8 Å². The molecule has 0 radical (unpaired) electrons. The van der Waals surface area contributed by atoms with E-state index < -0.39 is 0 Å². The molecule has 1 rings (SSSR count). The second-order valence-electron chi connectivity index (χ2n) is 4.44. The highest BCUT2D eigenvalue weighted by atomic mass is 35.5. The summed E-state index contributed by atoms with van der Waals surface area (Å²) in [5.41, 5.74) is 6.29. The highest BCUT2D eigenvalue weighted by molar-refractivity contribution is 6.33. The number of nitrogens with two attached hydrogens (primary N) is 1. The maximum absolute atomic E-state index is 11.7. The Morgan fingerprint density at radius 1 is 1.40 bits per heavy atom. The predicted molar refractivity (Wildman–Crippen MR) is 63.1 cm³/mol. The van der Waals surface area contributed by atoms with Crippen molar-refractivity contribution in [3.63, 3.8) is 0 Å².